The van der Waals surface area contributed by atoms with Gasteiger partial charge in [0.1, 0.15) is 5.82 Å². The molecule has 1 N–H and O–H groups in total. The molecule has 0 bridgehead atoms. The standard InChI is InChI=1S/C15H19F3N2/c1-15(10-3-4-10)9-20(6-2-5-19-15)14-8-12(17)11(16)7-13(14)18/h7-8,10,19H,2-6,9H2,1H3. The lowest BCUT2D eigenvalue weighted by Gasteiger charge is -2.35. The third kappa shape index (κ3) is 2.51. The second-order valence-corrected chi connectivity index (χ2v) is 6.11. The zero-order valence-electron chi connectivity index (χ0n) is 11.6. The van der Waals surface area contributed by atoms with Crippen LogP contribution in [0.3, 0.4) is 0 Å². The molecule has 2 nitrogen and oxygen atoms in total. The van der Waals surface area contributed by atoms with E-state index in [4.69, 9.17) is 0 Å². The first-order valence-electron chi connectivity index (χ1n) is 7.14. The first kappa shape index (κ1) is 13.7. The van der Waals surface area contributed by atoms with Gasteiger partial charge in [0.2, 0.25) is 0 Å². The van der Waals surface area contributed by atoms with Gasteiger partial charge in [-0.05, 0) is 38.6 Å². The lowest BCUT2D eigenvalue weighted by atomic mass is 9.95. The van der Waals surface area contributed by atoms with Crippen molar-refractivity contribution < 1.29 is 13.2 Å². The summed E-state index contributed by atoms with van der Waals surface area (Å²) >= 11 is 0. The molecule has 1 aliphatic heterocycles. The second-order valence-electron chi connectivity index (χ2n) is 6.11. The average Bonchev–Trinajstić information content (AvgIpc) is 3.21. The molecule has 3 rings (SSSR count). The zero-order valence-corrected chi connectivity index (χ0v) is 11.6. The number of nitrogens with one attached hydrogen (secondary N) is 1. The first-order chi connectivity index (χ1) is 9.49. The molecular formula is C15H19F3N2. The summed E-state index contributed by atoms with van der Waals surface area (Å²) in [5.74, 6) is -2.23. The van der Waals surface area contributed by atoms with E-state index < -0.39 is 17.5 Å². The van der Waals surface area contributed by atoms with Crippen molar-refractivity contribution in [1.82, 2.24) is 5.32 Å². The third-order valence-electron chi connectivity index (χ3n) is 4.46. The minimum absolute atomic E-state index is 0.0756. The average molecular weight is 284 g/mol. The Labute approximate surface area is 117 Å². The third-order valence-corrected chi connectivity index (χ3v) is 4.46. The smallest absolute Gasteiger partial charge is 0.161 e. The number of hydrogen-bond donors (Lipinski definition) is 1. The molecule has 0 amide bonds. The summed E-state index contributed by atoms with van der Waals surface area (Å²) in [6.07, 6.45) is 3.22. The van der Waals surface area contributed by atoms with Crippen molar-refractivity contribution in [2.75, 3.05) is 24.5 Å². The summed E-state index contributed by atoms with van der Waals surface area (Å²) in [5.41, 5.74) is 0.0906. The second kappa shape index (κ2) is 4.95. The number of rotatable bonds is 2. The molecule has 0 spiro atoms. The van der Waals surface area contributed by atoms with Crippen LogP contribution in [0.1, 0.15) is 26.2 Å². The quantitative estimate of drug-likeness (QED) is 0.840. The molecule has 0 radical (unpaired) electrons. The SMILES string of the molecule is CC1(C2CC2)CN(c2cc(F)c(F)cc2F)CCCN1. The molecule has 1 saturated carbocycles. The minimum Gasteiger partial charge on any atom is -0.367 e. The lowest BCUT2D eigenvalue weighted by molar-refractivity contribution is 0.331. The van der Waals surface area contributed by atoms with Gasteiger partial charge in [-0.15, -0.1) is 0 Å². The Balaban J connectivity index is 1.90. The van der Waals surface area contributed by atoms with Crippen LogP contribution in [0.5, 0.6) is 0 Å². The molecule has 1 aromatic rings. The van der Waals surface area contributed by atoms with E-state index in [1.165, 1.54) is 12.8 Å². The van der Waals surface area contributed by atoms with Crippen molar-refractivity contribution in [3.05, 3.63) is 29.6 Å². The van der Waals surface area contributed by atoms with Crippen molar-refractivity contribution in [3.8, 4) is 0 Å². The molecule has 1 saturated heterocycles. The van der Waals surface area contributed by atoms with Crippen LogP contribution < -0.4 is 10.2 Å². The Kier molecular flexibility index (Phi) is 3.40. The molecule has 5 heteroatoms. The Morgan fingerprint density at radius 1 is 1.15 bits per heavy atom. The number of halogens is 3. The topological polar surface area (TPSA) is 15.3 Å². The predicted octanol–water partition coefficient (Wildman–Crippen LogP) is 3.07. The maximum atomic E-state index is 13.9. The van der Waals surface area contributed by atoms with Crippen molar-refractivity contribution in [2.24, 2.45) is 5.92 Å². The Morgan fingerprint density at radius 2 is 1.85 bits per heavy atom. The largest absolute Gasteiger partial charge is 0.367 e. The Hall–Kier alpha value is -1.23. The first-order valence-corrected chi connectivity index (χ1v) is 7.14. The van der Waals surface area contributed by atoms with Crippen LogP contribution in [-0.4, -0.2) is 25.2 Å². The summed E-state index contributed by atoms with van der Waals surface area (Å²) < 4.78 is 40.4. The fourth-order valence-corrected chi connectivity index (χ4v) is 3.13. The van der Waals surface area contributed by atoms with Crippen LogP contribution >= 0.6 is 0 Å². The van der Waals surface area contributed by atoms with E-state index in [-0.39, 0.29) is 11.2 Å². The van der Waals surface area contributed by atoms with Gasteiger partial charge in [0.05, 0.1) is 5.69 Å². The summed E-state index contributed by atoms with van der Waals surface area (Å²) in [6, 6.07) is 1.61. The fourth-order valence-electron chi connectivity index (χ4n) is 3.13. The highest BCUT2D eigenvalue weighted by Crippen LogP contribution is 2.41. The molecule has 110 valence electrons. The molecular weight excluding hydrogens is 265 g/mol. The van der Waals surface area contributed by atoms with Crippen molar-refractivity contribution in [3.63, 3.8) is 0 Å². The van der Waals surface area contributed by atoms with Gasteiger partial charge in [0.25, 0.3) is 0 Å². The van der Waals surface area contributed by atoms with Crippen LogP contribution in [0.2, 0.25) is 0 Å². The van der Waals surface area contributed by atoms with E-state index in [0.717, 1.165) is 19.0 Å². The summed E-state index contributed by atoms with van der Waals surface area (Å²) in [5, 5.41) is 3.53. The molecule has 1 atom stereocenters. The highest BCUT2D eigenvalue weighted by Gasteiger charge is 2.43. The zero-order chi connectivity index (χ0) is 14.3. The maximum Gasteiger partial charge on any atom is 0.161 e. The van der Waals surface area contributed by atoms with Crippen LogP contribution in [0.15, 0.2) is 12.1 Å². The van der Waals surface area contributed by atoms with Crippen LogP contribution in [-0.2, 0) is 0 Å². The van der Waals surface area contributed by atoms with E-state index in [2.05, 4.69) is 12.2 Å². The summed E-state index contributed by atoms with van der Waals surface area (Å²) in [6.45, 7) is 4.28. The van der Waals surface area contributed by atoms with Crippen molar-refractivity contribution in [2.45, 2.75) is 31.7 Å². The normalized spacial score (nSPS) is 27.5. The van der Waals surface area contributed by atoms with Gasteiger partial charge in [-0.1, -0.05) is 0 Å². The number of benzene rings is 1. The molecule has 2 aliphatic rings. The monoisotopic (exact) mass is 284 g/mol. The van der Waals surface area contributed by atoms with E-state index >= 15 is 0 Å². The van der Waals surface area contributed by atoms with Crippen LogP contribution in [0.25, 0.3) is 0 Å². The van der Waals surface area contributed by atoms with Gasteiger partial charge in [-0.3, -0.25) is 0 Å². The number of nitrogens with zero attached hydrogens (tertiary/aromatic N) is 1. The van der Waals surface area contributed by atoms with Crippen molar-refractivity contribution in [1.29, 1.82) is 0 Å². The predicted molar refractivity (Wildman–Crippen MR) is 72.3 cm³/mol. The van der Waals surface area contributed by atoms with E-state index in [1.54, 1.807) is 0 Å². The maximum absolute atomic E-state index is 13.9. The molecule has 20 heavy (non-hydrogen) atoms. The highest BCUT2D eigenvalue weighted by atomic mass is 19.2. The van der Waals surface area contributed by atoms with Gasteiger partial charge < -0.3 is 10.2 Å². The van der Waals surface area contributed by atoms with E-state index in [9.17, 15) is 13.2 Å². The van der Waals surface area contributed by atoms with Crippen LogP contribution in [0.4, 0.5) is 18.9 Å². The molecule has 1 heterocycles. The van der Waals surface area contributed by atoms with Crippen LogP contribution in [0, 0.1) is 23.4 Å². The van der Waals surface area contributed by atoms with Gasteiger partial charge in [0.15, 0.2) is 11.6 Å². The van der Waals surface area contributed by atoms with Gasteiger partial charge in [-0.25, -0.2) is 13.2 Å². The molecule has 2 fully saturated rings. The summed E-state index contributed by atoms with van der Waals surface area (Å²) in [4.78, 5) is 1.84. The van der Waals surface area contributed by atoms with Crippen molar-refractivity contribution >= 4 is 5.69 Å². The molecule has 1 unspecified atom stereocenters. The Bertz CT molecular complexity index is 516. The number of hydrogen-bond acceptors (Lipinski definition) is 2. The summed E-state index contributed by atoms with van der Waals surface area (Å²) in [7, 11) is 0. The van der Waals surface area contributed by atoms with E-state index in [0.29, 0.717) is 25.1 Å². The van der Waals surface area contributed by atoms with Gasteiger partial charge >= 0.3 is 0 Å². The highest BCUT2D eigenvalue weighted by molar-refractivity contribution is 5.49. The fraction of sp³-hybridized carbons (Fsp3) is 0.600. The van der Waals surface area contributed by atoms with E-state index in [1.807, 2.05) is 4.90 Å². The molecule has 0 aromatic heterocycles. The minimum atomic E-state index is -1.14. The molecule has 1 aliphatic carbocycles. The Morgan fingerprint density at radius 3 is 2.55 bits per heavy atom. The van der Waals surface area contributed by atoms with Gasteiger partial charge in [0, 0.05) is 30.8 Å². The lowest BCUT2D eigenvalue weighted by Crippen LogP contribution is -2.51. The molecule has 1 aromatic carbocycles. The number of anilines is 1. The van der Waals surface area contributed by atoms with Gasteiger partial charge in [-0.2, -0.15) is 0 Å².